The van der Waals surface area contributed by atoms with Crippen LogP contribution in [0.15, 0.2) is 30.3 Å². The van der Waals surface area contributed by atoms with Crippen LogP contribution in [-0.2, 0) is 25.5 Å². The van der Waals surface area contributed by atoms with Crippen LogP contribution in [0.5, 0.6) is 0 Å². The van der Waals surface area contributed by atoms with Gasteiger partial charge in [0.25, 0.3) is 0 Å². The van der Waals surface area contributed by atoms with Crippen molar-refractivity contribution in [3.63, 3.8) is 0 Å². The molecule has 0 N–H and O–H groups in total. The first kappa shape index (κ1) is 21.2. The van der Waals surface area contributed by atoms with Crippen LogP contribution in [0, 0.1) is 33.8 Å². The van der Waals surface area contributed by atoms with E-state index in [4.69, 9.17) is 9.47 Å². The maximum atomic E-state index is 12.1. The van der Waals surface area contributed by atoms with Crippen LogP contribution in [0.2, 0.25) is 0 Å². The molecular formula is C19H23NO6. The van der Waals surface area contributed by atoms with Gasteiger partial charge in [-0.3, -0.25) is 19.7 Å². The van der Waals surface area contributed by atoms with Crippen LogP contribution >= 0.6 is 0 Å². The molecule has 0 bridgehead atoms. The smallest absolute Gasteiger partial charge is 0.321 e. The summed E-state index contributed by atoms with van der Waals surface area (Å²) in [5, 5.41) is 11.0. The highest BCUT2D eigenvalue weighted by Gasteiger charge is 2.39. The van der Waals surface area contributed by atoms with E-state index in [9.17, 15) is 19.7 Å². The molecule has 140 valence electrons. The van der Waals surface area contributed by atoms with Crippen molar-refractivity contribution >= 4 is 11.9 Å². The van der Waals surface area contributed by atoms with Gasteiger partial charge >= 0.3 is 11.9 Å². The lowest BCUT2D eigenvalue weighted by Crippen LogP contribution is -2.37. The fourth-order valence-electron chi connectivity index (χ4n) is 2.34. The Morgan fingerprint density at radius 1 is 1.12 bits per heavy atom. The van der Waals surface area contributed by atoms with E-state index in [1.165, 1.54) is 0 Å². The number of hydrogen-bond donors (Lipinski definition) is 0. The molecule has 1 atom stereocenters. The third kappa shape index (κ3) is 7.34. The Morgan fingerprint density at radius 3 is 2.19 bits per heavy atom. The molecule has 0 saturated heterocycles. The van der Waals surface area contributed by atoms with Gasteiger partial charge in [-0.1, -0.05) is 36.3 Å². The SMILES string of the molecule is CCOC(=O)C(C(=O)OCC)C(C#CCCc1ccccc1)C[N+](=O)[O-]. The predicted molar refractivity (Wildman–Crippen MR) is 94.6 cm³/mol. The number of nitro groups is 1. The maximum absolute atomic E-state index is 12.1. The number of carbonyl (C=O) groups is 2. The monoisotopic (exact) mass is 361 g/mol. The first-order valence-electron chi connectivity index (χ1n) is 8.46. The van der Waals surface area contributed by atoms with E-state index in [0.29, 0.717) is 12.8 Å². The van der Waals surface area contributed by atoms with E-state index in [1.54, 1.807) is 13.8 Å². The van der Waals surface area contributed by atoms with Crippen molar-refractivity contribution in [1.82, 2.24) is 0 Å². The van der Waals surface area contributed by atoms with Crippen LogP contribution in [0.3, 0.4) is 0 Å². The fraction of sp³-hybridized carbons (Fsp3) is 0.474. The number of rotatable bonds is 9. The molecule has 0 aliphatic carbocycles. The second-order valence-electron chi connectivity index (χ2n) is 5.41. The molecule has 7 nitrogen and oxygen atoms in total. The maximum Gasteiger partial charge on any atom is 0.321 e. The molecule has 1 rings (SSSR count). The number of hydrogen-bond acceptors (Lipinski definition) is 6. The molecule has 1 aromatic carbocycles. The standard InChI is InChI=1S/C19H23NO6/c1-3-25-18(21)17(19(22)26-4-2)16(14-20(23)24)13-9-8-12-15-10-6-5-7-11-15/h5-7,10-11,16-17H,3-4,8,12,14H2,1-2H3. The fourth-order valence-corrected chi connectivity index (χ4v) is 2.34. The van der Waals surface area contributed by atoms with Crippen molar-refractivity contribution in [1.29, 1.82) is 0 Å². The quantitative estimate of drug-likeness (QED) is 0.220. The first-order chi connectivity index (χ1) is 12.5. The number of nitrogens with zero attached hydrogens (tertiary/aromatic N) is 1. The second-order valence-corrected chi connectivity index (χ2v) is 5.41. The summed E-state index contributed by atoms with van der Waals surface area (Å²) in [6, 6.07) is 9.64. The summed E-state index contributed by atoms with van der Waals surface area (Å²) in [6.45, 7) is 2.66. The molecule has 1 unspecified atom stereocenters. The summed E-state index contributed by atoms with van der Waals surface area (Å²) in [4.78, 5) is 34.6. The van der Waals surface area contributed by atoms with Gasteiger partial charge in [0.2, 0.25) is 6.54 Å². The topological polar surface area (TPSA) is 95.7 Å². The zero-order chi connectivity index (χ0) is 19.4. The van der Waals surface area contributed by atoms with Crippen LogP contribution in [0.1, 0.15) is 25.8 Å². The molecule has 0 fully saturated rings. The van der Waals surface area contributed by atoms with E-state index in [2.05, 4.69) is 11.8 Å². The van der Waals surface area contributed by atoms with E-state index in [1.807, 2.05) is 30.3 Å². The molecule has 0 saturated carbocycles. The largest absolute Gasteiger partial charge is 0.465 e. The van der Waals surface area contributed by atoms with Gasteiger partial charge in [-0.05, 0) is 25.8 Å². The van der Waals surface area contributed by atoms with Crippen LogP contribution in [0.4, 0.5) is 0 Å². The summed E-state index contributed by atoms with van der Waals surface area (Å²) in [7, 11) is 0. The number of ether oxygens (including phenoxy) is 2. The first-order valence-corrected chi connectivity index (χ1v) is 8.46. The lowest BCUT2D eigenvalue weighted by Gasteiger charge is -2.17. The Kier molecular flexibility index (Phi) is 9.47. The zero-order valence-corrected chi connectivity index (χ0v) is 15.0. The van der Waals surface area contributed by atoms with Crippen molar-refractivity contribution in [2.45, 2.75) is 26.7 Å². The number of esters is 2. The van der Waals surface area contributed by atoms with Crippen molar-refractivity contribution in [3.8, 4) is 11.8 Å². The van der Waals surface area contributed by atoms with E-state index < -0.39 is 35.2 Å². The van der Waals surface area contributed by atoms with Crippen LogP contribution in [0.25, 0.3) is 0 Å². The Hall–Kier alpha value is -2.88. The summed E-state index contributed by atoms with van der Waals surface area (Å²) in [5.74, 6) is 1.32. The van der Waals surface area contributed by atoms with Gasteiger partial charge in [-0.25, -0.2) is 0 Å². The Labute approximate surface area is 152 Å². The number of benzene rings is 1. The summed E-state index contributed by atoms with van der Waals surface area (Å²) < 4.78 is 9.76. The number of aryl methyl sites for hydroxylation is 1. The Morgan fingerprint density at radius 2 is 1.69 bits per heavy atom. The van der Waals surface area contributed by atoms with E-state index in [-0.39, 0.29) is 13.2 Å². The van der Waals surface area contributed by atoms with E-state index >= 15 is 0 Å². The predicted octanol–water partition coefficient (Wildman–Crippen LogP) is 2.26. The summed E-state index contributed by atoms with van der Waals surface area (Å²) >= 11 is 0. The molecule has 7 heteroatoms. The highest BCUT2D eigenvalue weighted by Crippen LogP contribution is 2.17. The molecule has 0 aromatic heterocycles. The van der Waals surface area contributed by atoms with Crippen molar-refractivity contribution in [2.75, 3.05) is 19.8 Å². The normalized spacial score (nSPS) is 11.2. The Bertz CT molecular complexity index is 644. The zero-order valence-electron chi connectivity index (χ0n) is 15.0. The van der Waals surface area contributed by atoms with Gasteiger partial charge in [0, 0.05) is 11.3 Å². The van der Waals surface area contributed by atoms with Crippen molar-refractivity contribution < 1.29 is 24.0 Å². The average molecular weight is 361 g/mol. The van der Waals surface area contributed by atoms with Gasteiger partial charge in [-0.15, -0.1) is 5.92 Å². The molecule has 0 aliphatic heterocycles. The highest BCUT2D eigenvalue weighted by atomic mass is 16.6. The molecule has 0 heterocycles. The van der Waals surface area contributed by atoms with Crippen molar-refractivity contribution in [3.05, 3.63) is 46.0 Å². The summed E-state index contributed by atoms with van der Waals surface area (Å²) in [5.41, 5.74) is 1.08. The van der Waals surface area contributed by atoms with Gasteiger partial charge < -0.3 is 9.47 Å². The lowest BCUT2D eigenvalue weighted by molar-refractivity contribution is -0.486. The molecular weight excluding hydrogens is 338 g/mol. The lowest BCUT2D eigenvalue weighted by atomic mass is 9.92. The molecule has 0 spiro atoms. The minimum Gasteiger partial charge on any atom is -0.465 e. The molecule has 1 aromatic rings. The molecule has 0 amide bonds. The van der Waals surface area contributed by atoms with E-state index in [0.717, 1.165) is 5.56 Å². The van der Waals surface area contributed by atoms with Crippen molar-refractivity contribution in [2.24, 2.45) is 11.8 Å². The molecule has 0 aliphatic rings. The number of carbonyl (C=O) groups excluding carboxylic acids is 2. The molecule has 0 radical (unpaired) electrons. The third-order valence-electron chi connectivity index (χ3n) is 3.50. The Balaban J connectivity index is 2.92. The highest BCUT2D eigenvalue weighted by molar-refractivity contribution is 5.95. The van der Waals surface area contributed by atoms with Gasteiger partial charge in [0.05, 0.1) is 13.2 Å². The van der Waals surface area contributed by atoms with Gasteiger partial charge in [-0.2, -0.15) is 0 Å². The van der Waals surface area contributed by atoms with Gasteiger partial charge in [0.15, 0.2) is 5.92 Å². The minimum absolute atomic E-state index is 0.0569. The van der Waals surface area contributed by atoms with Crippen LogP contribution < -0.4 is 0 Å². The third-order valence-corrected chi connectivity index (χ3v) is 3.50. The second kappa shape index (κ2) is 11.6. The molecule has 26 heavy (non-hydrogen) atoms. The average Bonchev–Trinajstić information content (AvgIpc) is 2.59. The summed E-state index contributed by atoms with van der Waals surface area (Å²) in [6.07, 6.45) is 1.12. The van der Waals surface area contributed by atoms with Crippen LogP contribution in [-0.4, -0.2) is 36.6 Å². The minimum atomic E-state index is -1.43. The van der Waals surface area contributed by atoms with Gasteiger partial charge in [0.1, 0.15) is 5.92 Å².